The summed E-state index contributed by atoms with van der Waals surface area (Å²) < 4.78 is 2.15. The molecule has 0 spiro atoms. The second-order valence-corrected chi connectivity index (χ2v) is 4.56. The first-order valence-electron chi connectivity index (χ1n) is 6.08. The lowest BCUT2D eigenvalue weighted by atomic mass is 9.98. The van der Waals surface area contributed by atoms with Gasteiger partial charge in [-0.3, -0.25) is 0 Å². The summed E-state index contributed by atoms with van der Waals surface area (Å²) in [5.74, 6) is 1.89. The number of hydrogen-bond acceptors (Lipinski definition) is 2. The Morgan fingerprint density at radius 1 is 1.53 bits per heavy atom. The zero-order chi connectivity index (χ0) is 10.7. The van der Waals surface area contributed by atoms with Crippen molar-refractivity contribution in [3.05, 3.63) is 18.2 Å². The Hall–Kier alpha value is -0.830. The molecule has 1 aromatic heterocycles. The molecule has 1 aliphatic carbocycles. The van der Waals surface area contributed by atoms with Crippen LogP contribution in [0.15, 0.2) is 12.4 Å². The van der Waals surface area contributed by atoms with Gasteiger partial charge in [-0.05, 0) is 19.3 Å². The first kappa shape index (κ1) is 10.7. The van der Waals surface area contributed by atoms with Gasteiger partial charge in [-0.2, -0.15) is 0 Å². The van der Waals surface area contributed by atoms with Crippen molar-refractivity contribution >= 4 is 0 Å². The Bertz CT molecular complexity index is 300. The van der Waals surface area contributed by atoms with E-state index in [0.29, 0.717) is 0 Å². The zero-order valence-electron chi connectivity index (χ0n) is 9.52. The van der Waals surface area contributed by atoms with Crippen LogP contribution < -0.4 is 5.73 Å². The summed E-state index contributed by atoms with van der Waals surface area (Å²) in [6.45, 7) is 3.10. The summed E-state index contributed by atoms with van der Waals surface area (Å²) in [7, 11) is 0. The summed E-state index contributed by atoms with van der Waals surface area (Å²) in [5, 5.41) is 0. The van der Waals surface area contributed by atoms with E-state index in [1.807, 2.05) is 12.4 Å². The Morgan fingerprint density at radius 3 is 2.93 bits per heavy atom. The van der Waals surface area contributed by atoms with Crippen molar-refractivity contribution in [2.24, 2.45) is 11.7 Å². The maximum atomic E-state index is 6.21. The SMILES string of the molecule is CCn1ccnc1C(N)CC1CCCC1. The Kier molecular flexibility index (Phi) is 3.41. The Labute approximate surface area is 91.7 Å². The number of nitrogens with zero attached hydrogens (tertiary/aromatic N) is 2. The van der Waals surface area contributed by atoms with Gasteiger partial charge in [0.05, 0.1) is 6.04 Å². The largest absolute Gasteiger partial charge is 0.334 e. The minimum absolute atomic E-state index is 0.128. The molecule has 2 N–H and O–H groups in total. The van der Waals surface area contributed by atoms with Gasteiger partial charge < -0.3 is 10.3 Å². The normalized spacial score (nSPS) is 19.6. The van der Waals surface area contributed by atoms with E-state index < -0.39 is 0 Å². The van der Waals surface area contributed by atoms with Crippen LogP contribution in [-0.2, 0) is 6.54 Å². The highest BCUT2D eigenvalue weighted by Gasteiger charge is 2.20. The molecule has 0 bridgehead atoms. The molecule has 1 heterocycles. The van der Waals surface area contributed by atoms with Crippen LogP contribution in [0, 0.1) is 5.92 Å². The summed E-state index contributed by atoms with van der Waals surface area (Å²) in [5.41, 5.74) is 6.21. The smallest absolute Gasteiger partial charge is 0.125 e. The molecule has 0 amide bonds. The second kappa shape index (κ2) is 4.79. The molecule has 3 heteroatoms. The molecule has 1 saturated carbocycles. The van der Waals surface area contributed by atoms with Gasteiger partial charge >= 0.3 is 0 Å². The van der Waals surface area contributed by atoms with E-state index in [1.54, 1.807) is 0 Å². The van der Waals surface area contributed by atoms with E-state index in [0.717, 1.165) is 24.7 Å². The maximum absolute atomic E-state index is 6.21. The van der Waals surface area contributed by atoms with Crippen LogP contribution in [0.3, 0.4) is 0 Å². The van der Waals surface area contributed by atoms with E-state index in [-0.39, 0.29) is 6.04 Å². The lowest BCUT2D eigenvalue weighted by Gasteiger charge is -2.16. The standard InChI is InChI=1S/C12H21N3/c1-2-15-8-7-14-12(15)11(13)9-10-5-3-4-6-10/h7-8,10-11H,2-6,9,13H2,1H3. The number of aromatic nitrogens is 2. The van der Waals surface area contributed by atoms with Gasteiger partial charge in [0.2, 0.25) is 0 Å². The molecule has 84 valence electrons. The number of imidazole rings is 1. The van der Waals surface area contributed by atoms with Gasteiger partial charge in [0, 0.05) is 18.9 Å². The summed E-state index contributed by atoms with van der Waals surface area (Å²) >= 11 is 0. The molecule has 1 unspecified atom stereocenters. The third-order valence-corrected chi connectivity index (χ3v) is 3.48. The molecule has 1 atom stereocenters. The van der Waals surface area contributed by atoms with Gasteiger partial charge in [0.1, 0.15) is 5.82 Å². The van der Waals surface area contributed by atoms with Crippen molar-refractivity contribution in [3.63, 3.8) is 0 Å². The van der Waals surface area contributed by atoms with Crippen LogP contribution in [0.4, 0.5) is 0 Å². The minimum atomic E-state index is 0.128. The predicted molar refractivity (Wildman–Crippen MR) is 61.4 cm³/mol. The van der Waals surface area contributed by atoms with Gasteiger partial charge in [-0.1, -0.05) is 25.7 Å². The molecular weight excluding hydrogens is 186 g/mol. The molecule has 15 heavy (non-hydrogen) atoms. The van der Waals surface area contributed by atoms with Crippen LogP contribution in [-0.4, -0.2) is 9.55 Å². The first-order valence-corrected chi connectivity index (χ1v) is 6.08. The van der Waals surface area contributed by atoms with Gasteiger partial charge in [0.25, 0.3) is 0 Å². The number of rotatable bonds is 4. The monoisotopic (exact) mass is 207 g/mol. The van der Waals surface area contributed by atoms with Crippen LogP contribution in [0.1, 0.15) is 50.9 Å². The fourth-order valence-corrected chi connectivity index (χ4v) is 2.63. The quantitative estimate of drug-likeness (QED) is 0.824. The molecule has 0 saturated heterocycles. The Morgan fingerprint density at radius 2 is 2.27 bits per heavy atom. The number of aryl methyl sites for hydroxylation is 1. The summed E-state index contributed by atoms with van der Waals surface area (Å²) in [6, 6.07) is 0.128. The highest BCUT2D eigenvalue weighted by molar-refractivity contribution is 4.99. The molecule has 0 aliphatic heterocycles. The van der Waals surface area contributed by atoms with Crippen LogP contribution >= 0.6 is 0 Å². The van der Waals surface area contributed by atoms with Crippen molar-refractivity contribution in [1.82, 2.24) is 9.55 Å². The molecule has 0 radical (unpaired) electrons. The van der Waals surface area contributed by atoms with Crippen molar-refractivity contribution in [2.45, 2.75) is 51.6 Å². The topological polar surface area (TPSA) is 43.8 Å². The fourth-order valence-electron chi connectivity index (χ4n) is 2.63. The first-order chi connectivity index (χ1) is 7.31. The van der Waals surface area contributed by atoms with Gasteiger partial charge in [-0.15, -0.1) is 0 Å². The molecule has 1 aliphatic rings. The number of hydrogen-bond donors (Lipinski definition) is 1. The van der Waals surface area contributed by atoms with Gasteiger partial charge in [-0.25, -0.2) is 4.98 Å². The van der Waals surface area contributed by atoms with Crippen LogP contribution in [0.5, 0.6) is 0 Å². The average molecular weight is 207 g/mol. The molecule has 1 fully saturated rings. The van der Waals surface area contributed by atoms with Crippen molar-refractivity contribution in [1.29, 1.82) is 0 Å². The van der Waals surface area contributed by atoms with E-state index in [9.17, 15) is 0 Å². The molecule has 0 aromatic carbocycles. The van der Waals surface area contributed by atoms with Crippen molar-refractivity contribution in [2.75, 3.05) is 0 Å². The molecule has 3 nitrogen and oxygen atoms in total. The molecular formula is C12H21N3. The van der Waals surface area contributed by atoms with E-state index in [1.165, 1.54) is 25.7 Å². The highest BCUT2D eigenvalue weighted by atomic mass is 15.1. The Balaban J connectivity index is 1.97. The maximum Gasteiger partial charge on any atom is 0.125 e. The van der Waals surface area contributed by atoms with Crippen LogP contribution in [0.2, 0.25) is 0 Å². The summed E-state index contributed by atoms with van der Waals surface area (Å²) in [6.07, 6.45) is 10.5. The minimum Gasteiger partial charge on any atom is -0.334 e. The molecule has 2 rings (SSSR count). The third kappa shape index (κ3) is 2.40. The highest BCUT2D eigenvalue weighted by Crippen LogP contribution is 2.31. The fraction of sp³-hybridized carbons (Fsp3) is 0.750. The van der Waals surface area contributed by atoms with Crippen molar-refractivity contribution < 1.29 is 0 Å². The van der Waals surface area contributed by atoms with E-state index in [2.05, 4.69) is 16.5 Å². The summed E-state index contributed by atoms with van der Waals surface area (Å²) in [4.78, 5) is 4.37. The lowest BCUT2D eigenvalue weighted by Crippen LogP contribution is -2.18. The third-order valence-electron chi connectivity index (χ3n) is 3.48. The van der Waals surface area contributed by atoms with Gasteiger partial charge in [0.15, 0.2) is 0 Å². The van der Waals surface area contributed by atoms with E-state index in [4.69, 9.17) is 5.73 Å². The lowest BCUT2D eigenvalue weighted by molar-refractivity contribution is 0.430. The predicted octanol–water partition coefficient (Wildman–Crippen LogP) is 2.48. The number of nitrogens with two attached hydrogens (primary N) is 1. The van der Waals surface area contributed by atoms with Crippen molar-refractivity contribution in [3.8, 4) is 0 Å². The van der Waals surface area contributed by atoms with E-state index >= 15 is 0 Å². The second-order valence-electron chi connectivity index (χ2n) is 4.56. The average Bonchev–Trinajstić information content (AvgIpc) is 2.86. The zero-order valence-corrected chi connectivity index (χ0v) is 9.52. The van der Waals surface area contributed by atoms with Crippen LogP contribution in [0.25, 0.3) is 0 Å². The molecule has 1 aromatic rings.